The normalized spacial score (nSPS) is 21.8. The quantitative estimate of drug-likeness (QED) is 0.407. The molecule has 0 saturated heterocycles. The molecule has 0 radical (unpaired) electrons. The highest BCUT2D eigenvalue weighted by Crippen LogP contribution is 2.44. The molecule has 1 aromatic carbocycles. The van der Waals surface area contributed by atoms with Gasteiger partial charge in [0, 0.05) is 24.2 Å². The number of benzene rings is 1. The first-order valence-electron chi connectivity index (χ1n) is 11.3. The molecule has 1 spiro atoms. The summed E-state index contributed by atoms with van der Waals surface area (Å²) in [5.41, 5.74) is 4.77. The van der Waals surface area contributed by atoms with Crippen molar-refractivity contribution in [2.24, 2.45) is 0 Å². The van der Waals surface area contributed by atoms with Crippen molar-refractivity contribution in [2.75, 3.05) is 11.4 Å². The number of allylic oxidation sites excluding steroid dienone is 3. The lowest BCUT2D eigenvalue weighted by atomic mass is 9.88. The minimum Gasteiger partial charge on any atom is -0.487 e. The molecule has 2 heterocycles. The molecular formula is C27H31N3O. The van der Waals surface area contributed by atoms with Gasteiger partial charge in [0.2, 0.25) is 0 Å². The summed E-state index contributed by atoms with van der Waals surface area (Å²) >= 11 is 0. The number of rotatable bonds is 2. The van der Waals surface area contributed by atoms with Crippen LogP contribution in [0.1, 0.15) is 70.4 Å². The summed E-state index contributed by atoms with van der Waals surface area (Å²) in [4.78, 5) is 5.95. The van der Waals surface area contributed by atoms with Gasteiger partial charge in [-0.2, -0.15) is 0 Å². The molecule has 0 bridgehead atoms. The minimum absolute atomic E-state index is 0.118. The fourth-order valence-electron chi connectivity index (χ4n) is 5.18. The Kier molecular flexibility index (Phi) is 5.67. The minimum atomic E-state index is -0.250. The first-order chi connectivity index (χ1) is 14.8. The van der Waals surface area contributed by atoms with Crippen LogP contribution in [-0.4, -0.2) is 17.7 Å². The van der Waals surface area contributed by atoms with E-state index in [0.29, 0.717) is 6.42 Å². The summed E-state index contributed by atoms with van der Waals surface area (Å²) in [6.45, 7) is 15.3. The summed E-state index contributed by atoms with van der Waals surface area (Å²) in [6.07, 6.45) is 13.2. The van der Waals surface area contributed by atoms with Crippen molar-refractivity contribution in [3.8, 4) is 6.07 Å². The molecule has 3 aliphatic rings. The number of hydrogen-bond donors (Lipinski definition) is 0. The Morgan fingerprint density at radius 1 is 1.23 bits per heavy atom. The van der Waals surface area contributed by atoms with Gasteiger partial charge in [0.15, 0.2) is 0 Å². The molecule has 0 atom stereocenters. The second-order valence-electron chi connectivity index (χ2n) is 9.96. The molecule has 2 aliphatic heterocycles. The third kappa shape index (κ3) is 4.40. The zero-order valence-electron chi connectivity index (χ0n) is 18.9. The third-order valence-corrected chi connectivity index (χ3v) is 6.67. The second-order valence-corrected chi connectivity index (χ2v) is 9.96. The van der Waals surface area contributed by atoms with Gasteiger partial charge in [-0.15, -0.1) is 0 Å². The Labute approximate surface area is 186 Å². The maximum Gasteiger partial charge on any atom is 0.265 e. The molecule has 4 heteroatoms. The van der Waals surface area contributed by atoms with E-state index >= 15 is 0 Å². The number of anilines is 1. The van der Waals surface area contributed by atoms with Crippen LogP contribution >= 0.6 is 0 Å². The highest BCUT2D eigenvalue weighted by Gasteiger charge is 2.39. The molecular weight excluding hydrogens is 382 g/mol. The van der Waals surface area contributed by atoms with Crippen molar-refractivity contribution in [1.29, 1.82) is 5.26 Å². The van der Waals surface area contributed by atoms with Crippen LogP contribution in [0.5, 0.6) is 0 Å². The topological polar surface area (TPSA) is 40.6 Å². The highest BCUT2D eigenvalue weighted by atomic mass is 16.5. The zero-order valence-corrected chi connectivity index (χ0v) is 18.9. The van der Waals surface area contributed by atoms with Crippen LogP contribution in [0.2, 0.25) is 0 Å². The van der Waals surface area contributed by atoms with Crippen molar-refractivity contribution < 1.29 is 4.74 Å². The predicted octanol–water partition coefficient (Wildman–Crippen LogP) is 6.56. The molecule has 4 nitrogen and oxygen atoms in total. The van der Waals surface area contributed by atoms with E-state index in [4.69, 9.17) is 11.3 Å². The van der Waals surface area contributed by atoms with Crippen LogP contribution in [-0.2, 0) is 11.2 Å². The van der Waals surface area contributed by atoms with Gasteiger partial charge >= 0.3 is 0 Å². The number of ether oxygens (including phenoxy) is 1. The number of nitriles is 1. The fourth-order valence-corrected chi connectivity index (χ4v) is 5.18. The van der Waals surface area contributed by atoms with Crippen LogP contribution in [0.25, 0.3) is 10.9 Å². The van der Waals surface area contributed by atoms with Gasteiger partial charge in [-0.1, -0.05) is 12.1 Å². The molecule has 0 amide bonds. The van der Waals surface area contributed by atoms with E-state index in [1.807, 2.05) is 12.2 Å². The van der Waals surface area contributed by atoms with Crippen molar-refractivity contribution in [3.63, 3.8) is 0 Å². The summed E-state index contributed by atoms with van der Waals surface area (Å²) in [7, 11) is 0. The average Bonchev–Trinajstić information content (AvgIpc) is 3.18. The molecule has 160 valence electrons. The monoisotopic (exact) mass is 413 g/mol. The maximum absolute atomic E-state index is 9.38. The van der Waals surface area contributed by atoms with Gasteiger partial charge in [0.05, 0.1) is 12.6 Å². The van der Waals surface area contributed by atoms with Gasteiger partial charge < -0.3 is 9.64 Å². The van der Waals surface area contributed by atoms with E-state index in [-0.39, 0.29) is 16.8 Å². The summed E-state index contributed by atoms with van der Waals surface area (Å²) < 4.78 is 6.42. The largest absolute Gasteiger partial charge is 0.487 e. The van der Waals surface area contributed by atoms with Crippen LogP contribution in [0.3, 0.4) is 0 Å². The SMILES string of the molecule is [C-]#[N+]/C(C#N)=C1C=C(/C=C/c2ccc3c(c2)CCCN3C(C)(C)C)OC2(CCCC2)C\1. The van der Waals surface area contributed by atoms with Crippen LogP contribution in [0.15, 0.2) is 47.4 Å². The molecule has 1 saturated carbocycles. The van der Waals surface area contributed by atoms with Crippen LogP contribution in [0.4, 0.5) is 5.69 Å². The van der Waals surface area contributed by atoms with Gasteiger partial charge in [0.1, 0.15) is 11.4 Å². The van der Waals surface area contributed by atoms with Crippen molar-refractivity contribution in [2.45, 2.75) is 76.9 Å². The molecule has 4 rings (SSSR count). The van der Waals surface area contributed by atoms with Gasteiger partial charge in [-0.05, 0) is 100 Å². The Bertz CT molecular complexity index is 1020. The maximum atomic E-state index is 9.38. The Balaban J connectivity index is 1.62. The molecule has 1 aromatic rings. The van der Waals surface area contributed by atoms with Crippen LogP contribution < -0.4 is 4.90 Å². The Morgan fingerprint density at radius 2 is 2.00 bits per heavy atom. The molecule has 0 unspecified atom stereocenters. The van der Waals surface area contributed by atoms with E-state index in [9.17, 15) is 5.26 Å². The Morgan fingerprint density at radius 3 is 2.68 bits per heavy atom. The van der Waals surface area contributed by atoms with E-state index in [0.717, 1.165) is 55.5 Å². The van der Waals surface area contributed by atoms with Crippen LogP contribution in [0, 0.1) is 17.9 Å². The standard InChI is InChI=1S/C27H31N3O/c1-26(2,3)30-15-7-8-21-16-20(10-12-25(21)30)9-11-23-17-22(24(19-28)29-4)18-27(31-23)13-5-6-14-27/h9-12,16-17H,5-8,13-15,18H2,1-3H3/b11-9+,24-22+. The number of hydrogen-bond acceptors (Lipinski definition) is 3. The van der Waals surface area contributed by atoms with Crippen molar-refractivity contribution in [1.82, 2.24) is 0 Å². The summed E-state index contributed by atoms with van der Waals surface area (Å²) in [5, 5.41) is 9.38. The first-order valence-corrected chi connectivity index (χ1v) is 11.3. The van der Waals surface area contributed by atoms with E-state index in [2.05, 4.69) is 60.9 Å². The third-order valence-electron chi connectivity index (χ3n) is 6.67. The van der Waals surface area contributed by atoms with Crippen molar-refractivity contribution >= 4 is 11.8 Å². The predicted molar refractivity (Wildman–Crippen MR) is 125 cm³/mol. The number of fused-ring (bicyclic) bond motifs is 1. The fraction of sp³-hybridized carbons (Fsp3) is 0.481. The zero-order chi connectivity index (χ0) is 22.1. The van der Waals surface area contributed by atoms with Gasteiger partial charge in [-0.3, -0.25) is 0 Å². The second kappa shape index (κ2) is 8.27. The number of aryl methyl sites for hydroxylation is 1. The van der Waals surface area contributed by atoms with Gasteiger partial charge in [-0.25, -0.2) is 10.1 Å². The van der Waals surface area contributed by atoms with E-state index < -0.39 is 0 Å². The summed E-state index contributed by atoms with van der Waals surface area (Å²) in [6, 6.07) is 8.77. The van der Waals surface area contributed by atoms with E-state index in [1.54, 1.807) is 0 Å². The van der Waals surface area contributed by atoms with Gasteiger partial charge in [0.25, 0.3) is 5.70 Å². The lowest BCUT2D eigenvalue weighted by Gasteiger charge is -2.41. The smallest absolute Gasteiger partial charge is 0.265 e. The average molecular weight is 414 g/mol. The molecule has 0 aromatic heterocycles. The molecule has 1 fully saturated rings. The highest BCUT2D eigenvalue weighted by molar-refractivity contribution is 5.64. The molecule has 1 aliphatic carbocycles. The lowest BCUT2D eigenvalue weighted by molar-refractivity contribution is 0.00776. The van der Waals surface area contributed by atoms with E-state index in [1.165, 1.54) is 17.7 Å². The molecule has 31 heavy (non-hydrogen) atoms. The first kappa shape index (κ1) is 21.3. The molecule has 0 N–H and O–H groups in total. The lowest BCUT2D eigenvalue weighted by Crippen LogP contribution is -2.44. The number of nitrogens with zero attached hydrogens (tertiary/aromatic N) is 3. The summed E-state index contributed by atoms with van der Waals surface area (Å²) in [5.74, 6) is 0.758. The van der Waals surface area contributed by atoms with Crippen molar-refractivity contribution in [3.05, 3.63) is 69.9 Å². The Hall–Kier alpha value is -2.98.